The van der Waals surface area contributed by atoms with Crippen molar-refractivity contribution in [2.24, 2.45) is 5.92 Å². The third-order valence-corrected chi connectivity index (χ3v) is 4.12. The SMILES string of the molecule is C=C1[C@H](CO)[C@@H](O)C[C@@H]1n1cnc2c(C)nc(N)cc21. The lowest BCUT2D eigenvalue weighted by atomic mass is 10.0. The Kier molecular flexibility index (Phi) is 2.99. The normalized spacial score (nSPS) is 26.6. The van der Waals surface area contributed by atoms with E-state index in [0.29, 0.717) is 12.2 Å². The number of nitrogens with two attached hydrogens (primary N) is 1. The lowest BCUT2D eigenvalue weighted by Gasteiger charge is -2.16. The number of aryl methyl sites for hydroxylation is 1. The van der Waals surface area contributed by atoms with E-state index >= 15 is 0 Å². The summed E-state index contributed by atoms with van der Waals surface area (Å²) in [5.74, 6) is 0.164. The van der Waals surface area contributed by atoms with Crippen LogP contribution < -0.4 is 5.73 Å². The van der Waals surface area contributed by atoms with E-state index in [1.807, 2.05) is 11.5 Å². The van der Waals surface area contributed by atoms with Gasteiger partial charge in [0.2, 0.25) is 0 Å². The highest BCUT2D eigenvalue weighted by molar-refractivity contribution is 5.80. The summed E-state index contributed by atoms with van der Waals surface area (Å²) in [6.07, 6.45) is 1.67. The van der Waals surface area contributed by atoms with Gasteiger partial charge in [0.15, 0.2) is 0 Å². The zero-order chi connectivity index (χ0) is 14.4. The summed E-state index contributed by atoms with van der Waals surface area (Å²) in [7, 11) is 0. The molecule has 4 N–H and O–H groups in total. The van der Waals surface area contributed by atoms with Crippen LogP contribution in [0.3, 0.4) is 0 Å². The van der Waals surface area contributed by atoms with Crippen LogP contribution in [0.15, 0.2) is 24.5 Å². The van der Waals surface area contributed by atoms with E-state index in [2.05, 4.69) is 16.5 Å². The first-order chi connectivity index (χ1) is 9.52. The number of hydrogen-bond acceptors (Lipinski definition) is 5. The molecule has 0 bridgehead atoms. The van der Waals surface area contributed by atoms with Gasteiger partial charge in [-0.25, -0.2) is 9.97 Å². The fraction of sp³-hybridized carbons (Fsp3) is 0.429. The summed E-state index contributed by atoms with van der Waals surface area (Å²) in [5.41, 5.74) is 9.09. The zero-order valence-electron chi connectivity index (χ0n) is 11.3. The Morgan fingerprint density at radius 1 is 1.55 bits per heavy atom. The number of aromatic nitrogens is 3. The predicted octanol–water partition coefficient (Wildman–Crippen LogP) is 0.792. The van der Waals surface area contributed by atoms with Crippen LogP contribution in [0.25, 0.3) is 11.0 Å². The topological polar surface area (TPSA) is 97.2 Å². The monoisotopic (exact) mass is 274 g/mol. The van der Waals surface area contributed by atoms with Crippen LogP contribution in [0.1, 0.15) is 18.2 Å². The number of nitrogen functional groups attached to an aromatic ring is 1. The molecule has 2 heterocycles. The number of aliphatic hydroxyl groups is 2. The van der Waals surface area contributed by atoms with Crippen LogP contribution in [0.4, 0.5) is 5.82 Å². The minimum atomic E-state index is -0.574. The van der Waals surface area contributed by atoms with Crippen molar-refractivity contribution in [3.63, 3.8) is 0 Å². The quantitative estimate of drug-likeness (QED) is 0.703. The molecule has 20 heavy (non-hydrogen) atoms. The molecular weight excluding hydrogens is 256 g/mol. The second kappa shape index (κ2) is 4.57. The van der Waals surface area contributed by atoms with Crippen LogP contribution in [-0.4, -0.2) is 37.5 Å². The van der Waals surface area contributed by atoms with E-state index < -0.39 is 6.10 Å². The van der Waals surface area contributed by atoms with Gasteiger partial charge in [0, 0.05) is 12.0 Å². The summed E-state index contributed by atoms with van der Waals surface area (Å²) in [5, 5.41) is 19.4. The minimum absolute atomic E-state index is 0.0756. The fourth-order valence-corrected chi connectivity index (χ4v) is 3.03. The Hall–Kier alpha value is -1.92. The first-order valence-electron chi connectivity index (χ1n) is 6.60. The lowest BCUT2D eigenvalue weighted by Crippen LogP contribution is -2.17. The Morgan fingerprint density at radius 3 is 2.95 bits per heavy atom. The fourth-order valence-electron chi connectivity index (χ4n) is 3.03. The molecule has 0 spiro atoms. The minimum Gasteiger partial charge on any atom is -0.396 e. The van der Waals surface area contributed by atoms with Crippen molar-refractivity contribution in [1.82, 2.24) is 14.5 Å². The Balaban J connectivity index is 2.10. The van der Waals surface area contributed by atoms with Crippen LogP contribution in [0.2, 0.25) is 0 Å². The van der Waals surface area contributed by atoms with Gasteiger partial charge < -0.3 is 20.5 Å². The molecule has 6 heteroatoms. The Bertz CT molecular complexity index is 679. The summed E-state index contributed by atoms with van der Waals surface area (Å²) >= 11 is 0. The molecule has 2 aromatic heterocycles. The first kappa shape index (κ1) is 13.1. The molecule has 6 nitrogen and oxygen atoms in total. The Morgan fingerprint density at radius 2 is 2.30 bits per heavy atom. The van der Waals surface area contributed by atoms with Gasteiger partial charge in [0.05, 0.1) is 36.3 Å². The van der Waals surface area contributed by atoms with E-state index in [4.69, 9.17) is 5.73 Å². The predicted molar refractivity (Wildman–Crippen MR) is 76.1 cm³/mol. The summed E-state index contributed by atoms with van der Waals surface area (Å²) in [6.45, 7) is 5.80. The van der Waals surface area contributed by atoms with Crippen LogP contribution in [0.5, 0.6) is 0 Å². The molecule has 1 saturated carbocycles. The van der Waals surface area contributed by atoms with Crippen molar-refractivity contribution in [3.8, 4) is 0 Å². The molecule has 1 fully saturated rings. The second-order valence-electron chi connectivity index (χ2n) is 5.33. The molecule has 0 amide bonds. The van der Waals surface area contributed by atoms with Gasteiger partial charge in [0.25, 0.3) is 0 Å². The van der Waals surface area contributed by atoms with E-state index in [-0.39, 0.29) is 18.6 Å². The number of hydrogen-bond donors (Lipinski definition) is 3. The molecule has 1 aliphatic rings. The molecule has 1 aliphatic carbocycles. The molecule has 2 aromatic rings. The second-order valence-corrected chi connectivity index (χ2v) is 5.33. The molecule has 3 atom stereocenters. The number of aliphatic hydroxyl groups excluding tert-OH is 2. The van der Waals surface area contributed by atoms with Crippen molar-refractivity contribution >= 4 is 16.9 Å². The van der Waals surface area contributed by atoms with E-state index in [9.17, 15) is 10.2 Å². The van der Waals surface area contributed by atoms with Crippen molar-refractivity contribution in [1.29, 1.82) is 0 Å². The number of fused-ring (bicyclic) bond motifs is 1. The van der Waals surface area contributed by atoms with Gasteiger partial charge in [-0.15, -0.1) is 0 Å². The summed E-state index contributed by atoms with van der Waals surface area (Å²) in [4.78, 5) is 8.57. The van der Waals surface area contributed by atoms with Gasteiger partial charge in [-0.1, -0.05) is 6.58 Å². The van der Waals surface area contributed by atoms with Crippen molar-refractivity contribution in [2.45, 2.75) is 25.5 Å². The lowest BCUT2D eigenvalue weighted by molar-refractivity contribution is 0.101. The maximum Gasteiger partial charge on any atom is 0.125 e. The number of pyridine rings is 1. The van der Waals surface area contributed by atoms with E-state index in [1.54, 1.807) is 12.4 Å². The zero-order valence-corrected chi connectivity index (χ0v) is 11.3. The molecule has 3 rings (SSSR count). The third-order valence-electron chi connectivity index (χ3n) is 4.12. The molecule has 0 unspecified atom stereocenters. The highest BCUT2D eigenvalue weighted by atomic mass is 16.3. The largest absolute Gasteiger partial charge is 0.396 e. The molecule has 0 radical (unpaired) electrons. The average molecular weight is 274 g/mol. The molecule has 0 aromatic carbocycles. The summed E-state index contributed by atoms with van der Waals surface area (Å²) in [6, 6.07) is 1.70. The van der Waals surface area contributed by atoms with E-state index in [0.717, 1.165) is 22.3 Å². The first-order valence-corrected chi connectivity index (χ1v) is 6.60. The maximum atomic E-state index is 10.0. The molecule has 106 valence electrons. The third kappa shape index (κ3) is 1.80. The van der Waals surface area contributed by atoms with Gasteiger partial charge in [0.1, 0.15) is 11.3 Å². The van der Waals surface area contributed by atoms with Gasteiger partial charge in [-0.05, 0) is 18.9 Å². The van der Waals surface area contributed by atoms with Crippen LogP contribution in [-0.2, 0) is 0 Å². The number of nitrogens with zero attached hydrogens (tertiary/aromatic N) is 3. The highest BCUT2D eigenvalue weighted by Crippen LogP contribution is 2.40. The standard InChI is InChI=1S/C14H18N4O2/c1-7-9(5-19)12(20)3-10(7)18-6-16-14-8(2)17-13(15)4-11(14)18/h4,6,9-10,12,19-20H,1,3,5H2,2H3,(H2,15,17)/t9-,10-,12-/m0/s1. The van der Waals surface area contributed by atoms with Crippen molar-refractivity contribution in [3.05, 3.63) is 30.2 Å². The molecule has 0 aliphatic heterocycles. The maximum absolute atomic E-state index is 10.0. The van der Waals surface area contributed by atoms with Crippen LogP contribution >= 0.6 is 0 Å². The van der Waals surface area contributed by atoms with Gasteiger partial charge in [-0.3, -0.25) is 0 Å². The highest BCUT2D eigenvalue weighted by Gasteiger charge is 2.37. The number of anilines is 1. The Labute approximate surface area is 116 Å². The van der Waals surface area contributed by atoms with Crippen LogP contribution in [0, 0.1) is 12.8 Å². The van der Waals surface area contributed by atoms with Gasteiger partial charge >= 0.3 is 0 Å². The molecule has 0 saturated heterocycles. The average Bonchev–Trinajstić information content (AvgIpc) is 2.91. The van der Waals surface area contributed by atoms with Gasteiger partial charge in [-0.2, -0.15) is 0 Å². The molecular formula is C14H18N4O2. The number of imidazole rings is 1. The van der Waals surface area contributed by atoms with E-state index in [1.165, 1.54) is 0 Å². The smallest absolute Gasteiger partial charge is 0.125 e. The van der Waals surface area contributed by atoms with Crippen molar-refractivity contribution in [2.75, 3.05) is 12.3 Å². The number of rotatable bonds is 2. The van der Waals surface area contributed by atoms with Crippen molar-refractivity contribution < 1.29 is 10.2 Å². The summed E-state index contributed by atoms with van der Waals surface area (Å²) < 4.78 is 1.96.